The second-order valence-electron chi connectivity index (χ2n) is 4.39. The van der Waals surface area contributed by atoms with Crippen LogP contribution in [0.5, 0.6) is 0 Å². The molecule has 0 saturated carbocycles. The first-order valence-electron chi connectivity index (χ1n) is 6.15. The fourth-order valence-corrected chi connectivity index (χ4v) is 2.99. The van der Waals surface area contributed by atoms with Crippen LogP contribution in [0.1, 0.15) is 10.4 Å². The van der Waals surface area contributed by atoms with Crippen molar-refractivity contribution in [3.63, 3.8) is 0 Å². The first-order valence-corrected chi connectivity index (χ1v) is 7.34. The molecular weight excluding hydrogens is 326 g/mol. The summed E-state index contributed by atoms with van der Waals surface area (Å²) in [4.78, 5) is 26.5. The number of halogens is 1. The van der Waals surface area contributed by atoms with Crippen molar-refractivity contribution < 1.29 is 9.72 Å². The standard InChI is InChI=1S/C14H8ClN3O3S/c15-9-3-6-11-12(7-9)22-14(16-11)17-13(19)8-1-4-10(5-2-8)18(20)21/h1-7H,(H,16,17,19). The highest BCUT2D eigenvalue weighted by molar-refractivity contribution is 7.22. The molecule has 0 saturated heterocycles. The lowest BCUT2D eigenvalue weighted by molar-refractivity contribution is -0.384. The first kappa shape index (κ1) is 14.4. The SMILES string of the molecule is O=C(Nc1nc2ccc(Cl)cc2s1)c1ccc([N+](=O)[O-])cc1. The van der Waals surface area contributed by atoms with E-state index in [2.05, 4.69) is 10.3 Å². The molecule has 3 aromatic rings. The average Bonchev–Trinajstić information content (AvgIpc) is 2.88. The van der Waals surface area contributed by atoms with Crippen molar-refractivity contribution in [2.45, 2.75) is 0 Å². The smallest absolute Gasteiger partial charge is 0.269 e. The second-order valence-corrected chi connectivity index (χ2v) is 5.86. The molecular formula is C14H8ClN3O3S. The Morgan fingerprint density at radius 1 is 1.23 bits per heavy atom. The molecule has 0 aliphatic heterocycles. The molecule has 0 spiro atoms. The maximum absolute atomic E-state index is 12.1. The van der Waals surface area contributed by atoms with Gasteiger partial charge in [0.2, 0.25) is 0 Å². The quantitative estimate of drug-likeness (QED) is 0.577. The molecule has 0 atom stereocenters. The minimum absolute atomic E-state index is 0.0637. The molecule has 0 fully saturated rings. The van der Waals surface area contributed by atoms with E-state index < -0.39 is 4.92 Å². The van der Waals surface area contributed by atoms with Gasteiger partial charge in [0.15, 0.2) is 5.13 Å². The lowest BCUT2D eigenvalue weighted by Crippen LogP contribution is -2.11. The number of nitro benzene ring substituents is 1. The van der Waals surface area contributed by atoms with Crippen LogP contribution in [0.3, 0.4) is 0 Å². The van der Waals surface area contributed by atoms with Crippen LogP contribution in [0.25, 0.3) is 10.2 Å². The van der Waals surface area contributed by atoms with Crippen molar-refractivity contribution in [2.75, 3.05) is 5.32 Å². The summed E-state index contributed by atoms with van der Waals surface area (Å²) in [6.45, 7) is 0. The number of amides is 1. The Balaban J connectivity index is 1.81. The van der Waals surface area contributed by atoms with Gasteiger partial charge in [0.25, 0.3) is 11.6 Å². The Labute approximate surface area is 133 Å². The minimum Gasteiger partial charge on any atom is -0.298 e. The van der Waals surface area contributed by atoms with Crippen LogP contribution in [0.4, 0.5) is 10.8 Å². The Hall–Kier alpha value is -2.51. The third kappa shape index (κ3) is 2.90. The van der Waals surface area contributed by atoms with E-state index >= 15 is 0 Å². The number of carbonyl (C=O) groups excluding carboxylic acids is 1. The number of fused-ring (bicyclic) bond motifs is 1. The van der Waals surface area contributed by atoms with Gasteiger partial charge >= 0.3 is 0 Å². The highest BCUT2D eigenvalue weighted by Gasteiger charge is 2.12. The van der Waals surface area contributed by atoms with Gasteiger partial charge in [-0.25, -0.2) is 4.98 Å². The van der Waals surface area contributed by atoms with E-state index in [0.717, 1.165) is 10.2 Å². The topological polar surface area (TPSA) is 85.1 Å². The Morgan fingerprint density at radius 3 is 2.64 bits per heavy atom. The summed E-state index contributed by atoms with van der Waals surface area (Å²) in [6, 6.07) is 10.6. The van der Waals surface area contributed by atoms with Gasteiger partial charge in [-0.1, -0.05) is 22.9 Å². The van der Waals surface area contributed by atoms with E-state index in [-0.39, 0.29) is 11.6 Å². The molecule has 0 aliphatic rings. The van der Waals surface area contributed by atoms with Crippen LogP contribution in [-0.2, 0) is 0 Å². The van der Waals surface area contributed by atoms with Crippen molar-refractivity contribution in [1.29, 1.82) is 0 Å². The zero-order valence-corrected chi connectivity index (χ0v) is 12.5. The molecule has 8 heteroatoms. The number of anilines is 1. The zero-order valence-electron chi connectivity index (χ0n) is 10.9. The predicted octanol–water partition coefficient (Wildman–Crippen LogP) is 4.11. The molecule has 6 nitrogen and oxygen atoms in total. The summed E-state index contributed by atoms with van der Waals surface area (Å²) in [6.07, 6.45) is 0. The summed E-state index contributed by atoms with van der Waals surface area (Å²) in [7, 11) is 0. The third-order valence-corrected chi connectivity index (χ3v) is 4.08. The lowest BCUT2D eigenvalue weighted by Gasteiger charge is -2.00. The van der Waals surface area contributed by atoms with E-state index in [9.17, 15) is 14.9 Å². The normalized spacial score (nSPS) is 10.6. The van der Waals surface area contributed by atoms with Crippen molar-refractivity contribution >= 4 is 49.9 Å². The van der Waals surface area contributed by atoms with E-state index in [1.807, 2.05) is 0 Å². The number of thiazole rings is 1. The van der Waals surface area contributed by atoms with Crippen LogP contribution in [0, 0.1) is 10.1 Å². The third-order valence-electron chi connectivity index (χ3n) is 2.91. The number of aromatic nitrogens is 1. The molecule has 22 heavy (non-hydrogen) atoms. The number of nitro groups is 1. The summed E-state index contributed by atoms with van der Waals surface area (Å²) >= 11 is 7.21. The van der Waals surface area contributed by atoms with Gasteiger partial charge in [0.05, 0.1) is 15.1 Å². The molecule has 110 valence electrons. The van der Waals surface area contributed by atoms with Crippen molar-refractivity contribution in [1.82, 2.24) is 4.98 Å². The van der Waals surface area contributed by atoms with Gasteiger partial charge < -0.3 is 0 Å². The number of hydrogen-bond acceptors (Lipinski definition) is 5. The minimum atomic E-state index is -0.515. The van der Waals surface area contributed by atoms with Gasteiger partial charge in [-0.3, -0.25) is 20.2 Å². The van der Waals surface area contributed by atoms with Crippen LogP contribution < -0.4 is 5.32 Å². The molecule has 2 aromatic carbocycles. The number of hydrogen-bond donors (Lipinski definition) is 1. The van der Waals surface area contributed by atoms with E-state index in [0.29, 0.717) is 15.7 Å². The second kappa shape index (κ2) is 5.70. The molecule has 0 radical (unpaired) electrons. The number of rotatable bonds is 3. The molecule has 3 rings (SSSR count). The van der Waals surface area contributed by atoms with E-state index in [1.165, 1.54) is 35.6 Å². The highest BCUT2D eigenvalue weighted by Crippen LogP contribution is 2.28. The monoisotopic (exact) mass is 333 g/mol. The molecule has 0 aliphatic carbocycles. The van der Waals surface area contributed by atoms with Gasteiger partial charge in [-0.15, -0.1) is 0 Å². The van der Waals surface area contributed by atoms with Crippen molar-refractivity contribution in [3.8, 4) is 0 Å². The Kier molecular flexibility index (Phi) is 3.74. The molecule has 1 aromatic heterocycles. The molecule has 0 bridgehead atoms. The Morgan fingerprint density at radius 2 is 1.95 bits per heavy atom. The fourth-order valence-electron chi connectivity index (χ4n) is 1.86. The maximum atomic E-state index is 12.1. The number of carbonyl (C=O) groups is 1. The summed E-state index contributed by atoms with van der Waals surface area (Å²) < 4.78 is 0.867. The van der Waals surface area contributed by atoms with E-state index in [4.69, 9.17) is 11.6 Å². The number of non-ortho nitro benzene ring substituents is 1. The van der Waals surface area contributed by atoms with Crippen LogP contribution in [-0.4, -0.2) is 15.8 Å². The predicted molar refractivity (Wildman–Crippen MR) is 85.7 cm³/mol. The van der Waals surface area contributed by atoms with Crippen LogP contribution in [0.15, 0.2) is 42.5 Å². The molecule has 1 heterocycles. The first-order chi connectivity index (χ1) is 10.5. The van der Waals surface area contributed by atoms with Gasteiger partial charge in [0.1, 0.15) is 0 Å². The average molecular weight is 334 g/mol. The van der Waals surface area contributed by atoms with Crippen molar-refractivity contribution in [3.05, 3.63) is 63.2 Å². The van der Waals surface area contributed by atoms with Crippen molar-refractivity contribution in [2.24, 2.45) is 0 Å². The summed E-state index contributed by atoms with van der Waals surface area (Å²) in [5.74, 6) is -0.375. The molecule has 0 unspecified atom stereocenters. The number of nitrogens with one attached hydrogen (secondary N) is 1. The van der Waals surface area contributed by atoms with Gasteiger partial charge in [-0.2, -0.15) is 0 Å². The fraction of sp³-hybridized carbons (Fsp3) is 0. The van der Waals surface area contributed by atoms with Gasteiger partial charge in [-0.05, 0) is 30.3 Å². The summed E-state index contributed by atoms with van der Waals surface area (Å²) in [5, 5.41) is 14.3. The van der Waals surface area contributed by atoms with Crippen LogP contribution in [0.2, 0.25) is 5.02 Å². The highest BCUT2D eigenvalue weighted by atomic mass is 35.5. The molecule has 1 N–H and O–H groups in total. The van der Waals surface area contributed by atoms with E-state index in [1.54, 1.807) is 18.2 Å². The summed E-state index contributed by atoms with van der Waals surface area (Å²) in [5.41, 5.74) is 1.00. The zero-order chi connectivity index (χ0) is 15.7. The van der Waals surface area contributed by atoms with Gasteiger partial charge in [0, 0.05) is 22.7 Å². The Bertz CT molecular complexity index is 877. The number of benzene rings is 2. The molecule has 1 amide bonds. The largest absolute Gasteiger partial charge is 0.298 e. The number of nitrogens with zero attached hydrogens (tertiary/aromatic N) is 2. The lowest BCUT2D eigenvalue weighted by atomic mass is 10.2. The maximum Gasteiger partial charge on any atom is 0.269 e. The van der Waals surface area contributed by atoms with Crippen LogP contribution >= 0.6 is 22.9 Å².